The van der Waals surface area contributed by atoms with E-state index in [4.69, 9.17) is 4.74 Å². The quantitative estimate of drug-likeness (QED) is 0.459. The second kappa shape index (κ2) is 9.13. The number of pyridine rings is 1. The van der Waals surface area contributed by atoms with Crippen LogP contribution in [0.5, 0.6) is 0 Å². The number of hydrogen-bond acceptors (Lipinski definition) is 5. The molecule has 6 nitrogen and oxygen atoms in total. The molecule has 0 fully saturated rings. The number of carbonyl (C=O) groups is 1. The van der Waals surface area contributed by atoms with E-state index < -0.39 is 24.1 Å². The molecule has 0 saturated heterocycles. The molecule has 1 aliphatic rings. The minimum atomic E-state index is -1.53. The Balaban J connectivity index is 1.35. The van der Waals surface area contributed by atoms with Crippen LogP contribution < -0.4 is 5.32 Å². The molecule has 0 saturated carbocycles. The molecule has 1 aliphatic carbocycles. The van der Waals surface area contributed by atoms with Gasteiger partial charge in [0.25, 0.3) is 0 Å². The molecule has 1 heterocycles. The normalized spacial score (nSPS) is 14.5. The number of fused-ring (bicyclic) bond motifs is 3. The molecule has 3 N–H and O–H groups in total. The zero-order valence-electron chi connectivity index (χ0n) is 16.3. The summed E-state index contributed by atoms with van der Waals surface area (Å²) in [6, 6.07) is 17.2. The van der Waals surface area contributed by atoms with Crippen molar-refractivity contribution in [3.8, 4) is 11.1 Å². The van der Waals surface area contributed by atoms with Gasteiger partial charge in [-0.15, -0.1) is 0 Å². The number of amides is 1. The molecule has 0 bridgehead atoms. The van der Waals surface area contributed by atoms with Crippen molar-refractivity contribution in [3.63, 3.8) is 0 Å². The minimum Gasteiger partial charge on any atom is -0.449 e. The third-order valence-electron chi connectivity index (χ3n) is 5.33. The number of aromatic nitrogens is 1. The van der Waals surface area contributed by atoms with Gasteiger partial charge in [0.05, 0.1) is 6.20 Å². The highest BCUT2D eigenvalue weighted by molar-refractivity contribution is 9.10. The number of aliphatic hydroxyl groups is 2. The maximum atomic E-state index is 13.8. The first kappa shape index (κ1) is 21.4. The number of alkyl carbamates (subject to hydrolysis) is 1. The van der Waals surface area contributed by atoms with Crippen molar-refractivity contribution in [2.24, 2.45) is 0 Å². The predicted octanol–water partition coefficient (Wildman–Crippen LogP) is 3.92. The Morgan fingerprint density at radius 3 is 2.39 bits per heavy atom. The predicted molar refractivity (Wildman–Crippen MR) is 116 cm³/mol. The Morgan fingerprint density at radius 2 is 1.74 bits per heavy atom. The topological polar surface area (TPSA) is 91.7 Å². The van der Waals surface area contributed by atoms with Crippen molar-refractivity contribution in [2.75, 3.05) is 13.2 Å². The van der Waals surface area contributed by atoms with E-state index in [0.717, 1.165) is 28.5 Å². The Kier molecular flexibility index (Phi) is 6.31. The molecule has 0 aliphatic heterocycles. The number of rotatable bonds is 6. The van der Waals surface area contributed by atoms with Gasteiger partial charge in [-0.1, -0.05) is 48.5 Å². The largest absolute Gasteiger partial charge is 0.449 e. The van der Waals surface area contributed by atoms with Crippen LogP contribution in [0.15, 0.2) is 65.4 Å². The van der Waals surface area contributed by atoms with E-state index in [1.54, 1.807) is 0 Å². The number of nitrogens with one attached hydrogen (secondary N) is 1. The average molecular weight is 487 g/mol. The first-order valence-electron chi connectivity index (χ1n) is 9.71. The lowest BCUT2D eigenvalue weighted by molar-refractivity contribution is 0.0164. The van der Waals surface area contributed by atoms with Gasteiger partial charge in [-0.3, -0.25) is 0 Å². The minimum absolute atomic E-state index is 0.0862. The van der Waals surface area contributed by atoms with Crippen molar-refractivity contribution in [3.05, 3.63) is 87.9 Å². The third kappa shape index (κ3) is 4.46. The first-order chi connectivity index (χ1) is 15.0. The van der Waals surface area contributed by atoms with E-state index in [0.29, 0.717) is 4.60 Å². The summed E-state index contributed by atoms with van der Waals surface area (Å²) in [6.07, 6.45) is -2.75. The van der Waals surface area contributed by atoms with E-state index in [9.17, 15) is 19.4 Å². The number of ether oxygens (including phenoxy) is 1. The summed E-state index contributed by atoms with van der Waals surface area (Å²) >= 11 is 3.09. The van der Waals surface area contributed by atoms with Gasteiger partial charge in [0.2, 0.25) is 0 Å². The number of benzene rings is 2. The SMILES string of the molecule is O=C(NCC(O)C(O)c1cc(Br)ncc1F)OCC1c2ccccc2-c2ccccc21. The highest BCUT2D eigenvalue weighted by Gasteiger charge is 2.29. The molecule has 160 valence electrons. The molecular weight excluding hydrogens is 467 g/mol. The van der Waals surface area contributed by atoms with Gasteiger partial charge in [-0.2, -0.15) is 0 Å². The zero-order valence-corrected chi connectivity index (χ0v) is 17.9. The summed E-state index contributed by atoms with van der Waals surface area (Å²) in [6.45, 7) is -0.179. The van der Waals surface area contributed by atoms with Gasteiger partial charge in [-0.25, -0.2) is 14.2 Å². The van der Waals surface area contributed by atoms with E-state index >= 15 is 0 Å². The van der Waals surface area contributed by atoms with Gasteiger partial charge >= 0.3 is 6.09 Å². The molecule has 1 aromatic heterocycles. The van der Waals surface area contributed by atoms with Crippen LogP contribution in [0, 0.1) is 5.82 Å². The monoisotopic (exact) mass is 486 g/mol. The number of carbonyl (C=O) groups excluding carboxylic acids is 1. The van der Waals surface area contributed by atoms with Crippen LogP contribution in [0.3, 0.4) is 0 Å². The summed E-state index contributed by atoms with van der Waals surface area (Å²) in [5.41, 5.74) is 4.30. The van der Waals surface area contributed by atoms with E-state index in [1.165, 1.54) is 6.07 Å². The molecule has 4 rings (SSSR count). The highest BCUT2D eigenvalue weighted by atomic mass is 79.9. The molecule has 1 amide bonds. The van der Waals surface area contributed by atoms with Crippen LogP contribution in [0.4, 0.5) is 9.18 Å². The van der Waals surface area contributed by atoms with Crippen molar-refractivity contribution in [2.45, 2.75) is 18.1 Å². The fourth-order valence-corrected chi connectivity index (χ4v) is 4.16. The van der Waals surface area contributed by atoms with Crippen LogP contribution >= 0.6 is 15.9 Å². The van der Waals surface area contributed by atoms with Crippen LogP contribution in [-0.2, 0) is 4.74 Å². The molecule has 2 unspecified atom stereocenters. The fraction of sp³-hybridized carbons (Fsp3) is 0.217. The first-order valence-corrected chi connectivity index (χ1v) is 10.5. The van der Waals surface area contributed by atoms with Crippen LogP contribution in [0.25, 0.3) is 11.1 Å². The molecule has 0 radical (unpaired) electrons. The molecule has 2 atom stereocenters. The van der Waals surface area contributed by atoms with Gasteiger partial charge in [0.1, 0.15) is 29.2 Å². The Morgan fingerprint density at radius 1 is 1.13 bits per heavy atom. The molecule has 0 spiro atoms. The Bertz CT molecular complexity index is 1060. The third-order valence-corrected chi connectivity index (χ3v) is 5.77. The van der Waals surface area contributed by atoms with E-state index in [1.807, 2.05) is 48.5 Å². The standard InChI is InChI=1S/C23H20BrFN2O4/c24-21-9-17(19(25)10-26-21)22(29)20(28)11-27-23(30)31-12-18-15-7-3-1-5-13(15)14-6-2-4-8-16(14)18/h1-10,18,20,22,28-29H,11-12H2,(H,27,30). The molecule has 2 aromatic carbocycles. The van der Waals surface area contributed by atoms with E-state index in [-0.39, 0.29) is 24.6 Å². The zero-order chi connectivity index (χ0) is 22.0. The van der Waals surface area contributed by atoms with Gasteiger partial charge in [-0.05, 0) is 44.3 Å². The molecule has 3 aromatic rings. The van der Waals surface area contributed by atoms with Gasteiger partial charge in [0, 0.05) is 18.0 Å². The molecule has 31 heavy (non-hydrogen) atoms. The number of hydrogen-bond donors (Lipinski definition) is 3. The Labute approximate surface area is 186 Å². The maximum absolute atomic E-state index is 13.8. The van der Waals surface area contributed by atoms with Crippen LogP contribution in [-0.4, -0.2) is 40.5 Å². The van der Waals surface area contributed by atoms with Crippen molar-refractivity contribution < 1.29 is 24.1 Å². The second-order valence-corrected chi connectivity index (χ2v) is 8.06. The molecule has 8 heteroatoms. The summed E-state index contributed by atoms with van der Waals surface area (Å²) in [5.74, 6) is -0.840. The summed E-state index contributed by atoms with van der Waals surface area (Å²) in [7, 11) is 0. The van der Waals surface area contributed by atoms with Crippen LogP contribution in [0.1, 0.15) is 28.7 Å². The number of aliphatic hydroxyl groups excluding tert-OH is 2. The second-order valence-electron chi connectivity index (χ2n) is 7.25. The maximum Gasteiger partial charge on any atom is 0.407 e. The summed E-state index contributed by atoms with van der Waals surface area (Å²) in [5, 5.41) is 22.8. The highest BCUT2D eigenvalue weighted by Crippen LogP contribution is 2.44. The summed E-state index contributed by atoms with van der Waals surface area (Å²) in [4.78, 5) is 15.9. The van der Waals surface area contributed by atoms with Crippen molar-refractivity contribution in [1.29, 1.82) is 0 Å². The average Bonchev–Trinajstić information content (AvgIpc) is 3.11. The van der Waals surface area contributed by atoms with Crippen LogP contribution in [0.2, 0.25) is 0 Å². The van der Waals surface area contributed by atoms with E-state index in [2.05, 4.69) is 26.2 Å². The Hall–Kier alpha value is -2.81. The molecular formula is C23H20BrFN2O4. The van der Waals surface area contributed by atoms with Crippen molar-refractivity contribution >= 4 is 22.0 Å². The fourth-order valence-electron chi connectivity index (χ4n) is 3.81. The number of halogens is 2. The summed E-state index contributed by atoms with van der Waals surface area (Å²) < 4.78 is 19.6. The lowest BCUT2D eigenvalue weighted by Gasteiger charge is -2.20. The number of nitrogens with zero attached hydrogens (tertiary/aromatic N) is 1. The smallest absolute Gasteiger partial charge is 0.407 e. The lowest BCUT2D eigenvalue weighted by Crippen LogP contribution is -2.36. The lowest BCUT2D eigenvalue weighted by atomic mass is 9.98. The van der Waals surface area contributed by atoms with Gasteiger partial charge in [0.15, 0.2) is 0 Å². The van der Waals surface area contributed by atoms with Crippen molar-refractivity contribution in [1.82, 2.24) is 10.3 Å². The van der Waals surface area contributed by atoms with Gasteiger partial charge < -0.3 is 20.3 Å².